The maximum Gasteiger partial charge on any atom is 0.323 e. The molecule has 7 heteroatoms. The van der Waals surface area contributed by atoms with Gasteiger partial charge in [0, 0.05) is 23.5 Å². The summed E-state index contributed by atoms with van der Waals surface area (Å²) in [6.07, 6.45) is 0. The maximum absolute atomic E-state index is 14.0. The van der Waals surface area contributed by atoms with Crippen LogP contribution in [-0.4, -0.2) is 36.2 Å². The summed E-state index contributed by atoms with van der Waals surface area (Å²) < 4.78 is 5.20. The van der Waals surface area contributed by atoms with Gasteiger partial charge < -0.3 is 15.0 Å². The highest BCUT2D eigenvalue weighted by molar-refractivity contribution is 8.01. The first-order valence-electron chi connectivity index (χ1n) is 10.9. The van der Waals surface area contributed by atoms with E-state index in [-0.39, 0.29) is 11.9 Å². The molecule has 0 radical (unpaired) electrons. The number of anilines is 2. The van der Waals surface area contributed by atoms with Gasteiger partial charge in [-0.1, -0.05) is 48.0 Å². The van der Waals surface area contributed by atoms with Gasteiger partial charge in [0.2, 0.25) is 0 Å². The minimum absolute atomic E-state index is 0.0701. The average Bonchev–Trinajstić information content (AvgIpc) is 3.37. The Kier molecular flexibility index (Phi) is 5.50. The Morgan fingerprint density at radius 3 is 2.58 bits per heavy atom. The number of rotatable bonds is 4. The summed E-state index contributed by atoms with van der Waals surface area (Å²) in [6.45, 7) is 2.97. The molecule has 1 fully saturated rings. The van der Waals surface area contributed by atoms with Crippen LogP contribution in [0.4, 0.5) is 16.2 Å². The van der Waals surface area contributed by atoms with Crippen molar-refractivity contribution in [3.05, 3.63) is 89.5 Å². The molecule has 3 aromatic carbocycles. The number of thioether (sulfide) groups is 1. The van der Waals surface area contributed by atoms with Gasteiger partial charge in [0.15, 0.2) is 4.87 Å². The van der Waals surface area contributed by atoms with Crippen LogP contribution >= 0.6 is 11.8 Å². The zero-order valence-electron chi connectivity index (χ0n) is 18.6. The fourth-order valence-corrected chi connectivity index (χ4v) is 5.97. The van der Waals surface area contributed by atoms with Crippen molar-refractivity contribution in [2.24, 2.45) is 0 Å². The molecule has 3 amide bonds. The van der Waals surface area contributed by atoms with Crippen molar-refractivity contribution < 1.29 is 14.3 Å². The van der Waals surface area contributed by atoms with E-state index >= 15 is 0 Å². The molecular formula is C26H25N3O3S. The van der Waals surface area contributed by atoms with Crippen molar-refractivity contribution in [1.82, 2.24) is 4.90 Å². The number of ether oxygens (including phenoxy) is 1. The van der Waals surface area contributed by atoms with E-state index in [2.05, 4.69) is 5.32 Å². The molecule has 1 atom stereocenters. The largest absolute Gasteiger partial charge is 0.497 e. The molecule has 2 aliphatic rings. The van der Waals surface area contributed by atoms with Gasteiger partial charge >= 0.3 is 6.03 Å². The first kappa shape index (κ1) is 21.4. The lowest BCUT2D eigenvalue weighted by Crippen LogP contribution is -2.51. The van der Waals surface area contributed by atoms with Gasteiger partial charge in [0.05, 0.1) is 19.3 Å². The molecule has 6 nitrogen and oxygen atoms in total. The summed E-state index contributed by atoms with van der Waals surface area (Å²) in [7, 11) is 1.60. The maximum atomic E-state index is 14.0. The minimum Gasteiger partial charge on any atom is -0.497 e. The van der Waals surface area contributed by atoms with E-state index in [0.29, 0.717) is 30.3 Å². The minimum atomic E-state index is -1.06. The summed E-state index contributed by atoms with van der Waals surface area (Å²) >= 11 is 1.53. The number of benzene rings is 3. The predicted molar refractivity (Wildman–Crippen MR) is 132 cm³/mol. The molecule has 1 N–H and O–H groups in total. The third-order valence-electron chi connectivity index (χ3n) is 6.12. The van der Waals surface area contributed by atoms with E-state index < -0.39 is 4.87 Å². The fourth-order valence-electron chi connectivity index (χ4n) is 4.52. The third kappa shape index (κ3) is 3.62. The molecule has 5 rings (SSSR count). The Balaban J connectivity index is 1.50. The van der Waals surface area contributed by atoms with Crippen LogP contribution in [0.15, 0.2) is 72.8 Å². The quantitative estimate of drug-likeness (QED) is 0.598. The summed E-state index contributed by atoms with van der Waals surface area (Å²) in [5, 5.41) is 2.96. The molecule has 1 saturated heterocycles. The highest BCUT2D eigenvalue weighted by Gasteiger charge is 2.59. The number of hydrogen-bond donors (Lipinski definition) is 1. The summed E-state index contributed by atoms with van der Waals surface area (Å²) in [5.74, 6) is 1.33. The van der Waals surface area contributed by atoms with Crippen LogP contribution in [0.2, 0.25) is 0 Å². The van der Waals surface area contributed by atoms with Gasteiger partial charge in [-0.05, 0) is 42.8 Å². The summed E-state index contributed by atoms with van der Waals surface area (Å²) in [5.41, 5.74) is 4.52. The molecule has 2 heterocycles. The second kappa shape index (κ2) is 8.48. The fraction of sp³-hybridized carbons (Fsp3) is 0.231. The highest BCUT2D eigenvalue weighted by Crippen LogP contribution is 2.54. The van der Waals surface area contributed by atoms with Gasteiger partial charge in [-0.15, -0.1) is 11.8 Å². The lowest BCUT2D eigenvalue weighted by molar-refractivity contribution is -0.123. The van der Waals surface area contributed by atoms with Crippen LogP contribution in [0.5, 0.6) is 5.75 Å². The monoisotopic (exact) mass is 459 g/mol. The van der Waals surface area contributed by atoms with Gasteiger partial charge in [-0.25, -0.2) is 4.79 Å². The lowest BCUT2D eigenvalue weighted by Gasteiger charge is -2.33. The molecule has 0 saturated carbocycles. The number of hydrogen-bond acceptors (Lipinski definition) is 4. The van der Waals surface area contributed by atoms with E-state index in [1.165, 1.54) is 11.8 Å². The predicted octanol–water partition coefficient (Wildman–Crippen LogP) is 4.98. The SMILES string of the molecule is COc1ccc(NC(=O)N2CCS[C@]23C(=O)N(Cc2ccccc2)c2ccc(C)cc23)cc1. The van der Waals surface area contributed by atoms with Crippen molar-refractivity contribution in [2.45, 2.75) is 18.3 Å². The molecule has 168 valence electrons. The number of nitrogens with one attached hydrogen (secondary N) is 1. The first-order chi connectivity index (χ1) is 16.0. The van der Waals surface area contributed by atoms with Crippen molar-refractivity contribution in [3.63, 3.8) is 0 Å². The Hall–Kier alpha value is -3.45. The Labute approximate surface area is 197 Å². The summed E-state index contributed by atoms with van der Waals surface area (Å²) in [6, 6.07) is 22.9. The number of carbonyl (C=O) groups excluding carboxylic acids is 2. The number of aryl methyl sites for hydroxylation is 1. The lowest BCUT2D eigenvalue weighted by atomic mass is 10.0. The number of fused-ring (bicyclic) bond motifs is 2. The first-order valence-corrected chi connectivity index (χ1v) is 11.8. The number of nitrogens with zero attached hydrogens (tertiary/aromatic N) is 2. The van der Waals surface area contributed by atoms with Crippen molar-refractivity contribution >= 4 is 35.1 Å². The number of methoxy groups -OCH3 is 1. The Bertz CT molecular complexity index is 1200. The van der Waals surface area contributed by atoms with Crippen LogP contribution in [-0.2, 0) is 16.2 Å². The number of carbonyl (C=O) groups is 2. The normalized spacial score (nSPS) is 19.2. The van der Waals surface area contributed by atoms with E-state index in [0.717, 1.165) is 22.4 Å². The second-order valence-corrected chi connectivity index (χ2v) is 9.49. The van der Waals surface area contributed by atoms with E-state index in [1.54, 1.807) is 36.3 Å². The van der Waals surface area contributed by atoms with Crippen LogP contribution in [0, 0.1) is 6.92 Å². The molecule has 1 spiro atoms. The van der Waals surface area contributed by atoms with Crippen LogP contribution in [0.3, 0.4) is 0 Å². The van der Waals surface area contributed by atoms with Crippen LogP contribution in [0.1, 0.15) is 16.7 Å². The van der Waals surface area contributed by atoms with E-state index in [1.807, 2.05) is 60.4 Å². The third-order valence-corrected chi connectivity index (χ3v) is 7.54. The molecule has 0 bridgehead atoms. The van der Waals surface area contributed by atoms with Crippen molar-refractivity contribution in [2.75, 3.05) is 29.6 Å². The number of urea groups is 1. The Morgan fingerprint density at radius 2 is 1.85 bits per heavy atom. The summed E-state index contributed by atoms with van der Waals surface area (Å²) in [4.78, 5) is 29.9. The smallest absolute Gasteiger partial charge is 0.323 e. The molecule has 33 heavy (non-hydrogen) atoms. The topological polar surface area (TPSA) is 61.9 Å². The van der Waals surface area contributed by atoms with Crippen molar-refractivity contribution in [3.8, 4) is 5.75 Å². The highest BCUT2D eigenvalue weighted by atomic mass is 32.2. The second-order valence-electron chi connectivity index (χ2n) is 8.20. The molecule has 0 unspecified atom stereocenters. The zero-order chi connectivity index (χ0) is 23.0. The molecule has 0 aliphatic carbocycles. The van der Waals surface area contributed by atoms with Crippen LogP contribution < -0.4 is 15.0 Å². The van der Waals surface area contributed by atoms with E-state index in [9.17, 15) is 9.59 Å². The van der Waals surface area contributed by atoms with Gasteiger partial charge in [-0.3, -0.25) is 9.69 Å². The molecule has 3 aromatic rings. The van der Waals surface area contributed by atoms with E-state index in [4.69, 9.17) is 4.74 Å². The van der Waals surface area contributed by atoms with Gasteiger partial charge in [-0.2, -0.15) is 0 Å². The number of amides is 3. The molecular weight excluding hydrogens is 434 g/mol. The van der Waals surface area contributed by atoms with Crippen LogP contribution in [0.25, 0.3) is 0 Å². The van der Waals surface area contributed by atoms with Gasteiger partial charge in [0.1, 0.15) is 5.75 Å². The van der Waals surface area contributed by atoms with Crippen molar-refractivity contribution in [1.29, 1.82) is 0 Å². The van der Waals surface area contributed by atoms with Gasteiger partial charge in [0.25, 0.3) is 5.91 Å². The average molecular weight is 460 g/mol. The zero-order valence-corrected chi connectivity index (χ0v) is 19.4. The molecule has 0 aromatic heterocycles. The molecule has 2 aliphatic heterocycles. The Morgan fingerprint density at radius 1 is 1.09 bits per heavy atom. The standard InChI is InChI=1S/C26H25N3O3S/c1-18-8-13-23-22(16-18)26(24(30)28(23)17-19-6-4-3-5-7-19)29(14-15-33-26)25(31)27-20-9-11-21(32-2)12-10-20/h3-13,16H,14-15,17H2,1-2H3,(H,27,31)/t26-/m1/s1.